The molecule has 1 N–H and O–H groups in total. The summed E-state index contributed by atoms with van der Waals surface area (Å²) in [5.41, 5.74) is 1.10. The van der Waals surface area contributed by atoms with Crippen molar-refractivity contribution in [3.8, 4) is 0 Å². The van der Waals surface area contributed by atoms with Crippen molar-refractivity contribution >= 4 is 35.2 Å². The highest BCUT2D eigenvalue weighted by Crippen LogP contribution is 2.13. The van der Waals surface area contributed by atoms with Crippen molar-refractivity contribution in [1.29, 1.82) is 0 Å². The fourth-order valence-corrected chi connectivity index (χ4v) is 2.66. The minimum absolute atomic E-state index is 0.0622. The van der Waals surface area contributed by atoms with Crippen molar-refractivity contribution in [2.24, 2.45) is 0 Å². The minimum atomic E-state index is -0.331. The van der Waals surface area contributed by atoms with E-state index in [9.17, 15) is 14.4 Å². The summed E-state index contributed by atoms with van der Waals surface area (Å²) in [5, 5.41) is 2.74. The van der Waals surface area contributed by atoms with Crippen LogP contribution in [0.25, 0.3) is 0 Å². The first kappa shape index (κ1) is 20.0. The van der Waals surface area contributed by atoms with Gasteiger partial charge in [-0.05, 0) is 39.0 Å². The van der Waals surface area contributed by atoms with Gasteiger partial charge in [0.05, 0.1) is 18.1 Å². The zero-order valence-electron chi connectivity index (χ0n) is 14.3. The van der Waals surface area contributed by atoms with Crippen LogP contribution in [0.3, 0.4) is 0 Å². The maximum absolute atomic E-state index is 12.3. The molecule has 0 aliphatic heterocycles. The third-order valence-electron chi connectivity index (χ3n) is 3.20. The van der Waals surface area contributed by atoms with E-state index in [1.807, 2.05) is 13.8 Å². The van der Waals surface area contributed by atoms with E-state index in [1.165, 1.54) is 11.8 Å². The topological polar surface area (TPSA) is 75.7 Å². The summed E-state index contributed by atoms with van der Waals surface area (Å²) >= 11 is 1.19. The average Bonchev–Trinajstić information content (AvgIpc) is 2.56. The second kappa shape index (κ2) is 10.7. The van der Waals surface area contributed by atoms with Gasteiger partial charge in [0.2, 0.25) is 5.91 Å². The third kappa shape index (κ3) is 6.62. The predicted octanol–water partition coefficient (Wildman–Crippen LogP) is 2.40. The van der Waals surface area contributed by atoms with Gasteiger partial charge in [-0.25, -0.2) is 0 Å². The summed E-state index contributed by atoms with van der Waals surface area (Å²) < 4.78 is 4.79. The fourth-order valence-electron chi connectivity index (χ4n) is 2.05. The van der Waals surface area contributed by atoms with E-state index >= 15 is 0 Å². The summed E-state index contributed by atoms with van der Waals surface area (Å²) in [6, 6.07) is 6.85. The van der Waals surface area contributed by atoms with Crippen LogP contribution in [0.1, 0.15) is 31.1 Å². The summed E-state index contributed by atoms with van der Waals surface area (Å²) in [5.74, 6) is -0.332. The number of carbonyl (C=O) groups excluding carboxylic acids is 3. The Labute approximate surface area is 146 Å². The Bertz CT molecular complexity index is 573. The number of carbonyl (C=O) groups is 3. The molecule has 132 valence electrons. The highest BCUT2D eigenvalue weighted by Gasteiger charge is 2.13. The number of hydrogen-bond acceptors (Lipinski definition) is 5. The Hall–Kier alpha value is -2.02. The Morgan fingerprint density at radius 1 is 1.12 bits per heavy atom. The molecule has 1 rings (SSSR count). The standard InChI is InChI=1S/C17H24N2O4S/c1-4-19(5-2)17(22)13-8-7-9-14(10-13)18-15(20)11-24-12-16(21)23-6-3/h7-10H,4-6,11-12H2,1-3H3,(H,18,20). The number of rotatable bonds is 9. The molecular weight excluding hydrogens is 328 g/mol. The normalized spacial score (nSPS) is 10.1. The lowest BCUT2D eigenvalue weighted by Gasteiger charge is -2.19. The lowest BCUT2D eigenvalue weighted by molar-refractivity contribution is -0.139. The molecule has 1 aromatic carbocycles. The summed E-state index contributed by atoms with van der Waals surface area (Å²) in [4.78, 5) is 37.1. The molecule has 0 radical (unpaired) electrons. The van der Waals surface area contributed by atoms with E-state index < -0.39 is 0 Å². The molecule has 0 fully saturated rings. The third-order valence-corrected chi connectivity index (χ3v) is 4.11. The summed E-state index contributed by atoms with van der Waals surface area (Å²) in [6.07, 6.45) is 0. The molecule has 0 aliphatic carbocycles. The quantitative estimate of drug-likeness (QED) is 0.691. The van der Waals surface area contributed by atoms with Crippen LogP contribution in [0.15, 0.2) is 24.3 Å². The van der Waals surface area contributed by atoms with Gasteiger partial charge < -0.3 is 15.0 Å². The van der Waals surface area contributed by atoms with Crippen LogP contribution >= 0.6 is 11.8 Å². The smallest absolute Gasteiger partial charge is 0.315 e. The second-order valence-corrected chi connectivity index (χ2v) is 5.89. The van der Waals surface area contributed by atoms with Gasteiger partial charge in [-0.15, -0.1) is 11.8 Å². The Balaban J connectivity index is 2.56. The number of nitrogens with zero attached hydrogens (tertiary/aromatic N) is 1. The number of esters is 1. The highest BCUT2D eigenvalue weighted by atomic mass is 32.2. The van der Waals surface area contributed by atoms with Crippen molar-refractivity contribution < 1.29 is 19.1 Å². The van der Waals surface area contributed by atoms with E-state index in [-0.39, 0.29) is 29.3 Å². The molecular formula is C17H24N2O4S. The first-order chi connectivity index (χ1) is 11.5. The Morgan fingerprint density at radius 2 is 1.83 bits per heavy atom. The fraction of sp³-hybridized carbons (Fsp3) is 0.471. The maximum Gasteiger partial charge on any atom is 0.315 e. The predicted molar refractivity (Wildman–Crippen MR) is 96.3 cm³/mol. The van der Waals surface area contributed by atoms with Crippen LogP contribution < -0.4 is 5.32 Å². The monoisotopic (exact) mass is 352 g/mol. The lowest BCUT2D eigenvalue weighted by atomic mass is 10.1. The molecule has 0 spiro atoms. The molecule has 2 amide bonds. The first-order valence-electron chi connectivity index (χ1n) is 7.94. The van der Waals surface area contributed by atoms with Crippen LogP contribution in [0.4, 0.5) is 5.69 Å². The van der Waals surface area contributed by atoms with Crippen molar-refractivity contribution in [3.63, 3.8) is 0 Å². The molecule has 7 heteroatoms. The SMILES string of the molecule is CCOC(=O)CSCC(=O)Nc1cccc(C(=O)N(CC)CC)c1. The Morgan fingerprint density at radius 3 is 2.46 bits per heavy atom. The van der Waals surface area contributed by atoms with Crippen LogP contribution in [0.2, 0.25) is 0 Å². The molecule has 1 aromatic rings. The molecule has 0 atom stereocenters. The lowest BCUT2D eigenvalue weighted by Crippen LogP contribution is -2.30. The first-order valence-corrected chi connectivity index (χ1v) is 9.09. The van der Waals surface area contributed by atoms with Gasteiger partial charge in [0, 0.05) is 24.3 Å². The van der Waals surface area contributed by atoms with E-state index in [4.69, 9.17) is 4.74 Å². The number of anilines is 1. The number of hydrogen-bond donors (Lipinski definition) is 1. The largest absolute Gasteiger partial charge is 0.465 e. The average molecular weight is 352 g/mol. The zero-order valence-corrected chi connectivity index (χ0v) is 15.1. The van der Waals surface area contributed by atoms with Gasteiger partial charge in [0.15, 0.2) is 0 Å². The zero-order chi connectivity index (χ0) is 17.9. The van der Waals surface area contributed by atoms with Gasteiger partial charge in [0.25, 0.3) is 5.91 Å². The van der Waals surface area contributed by atoms with Gasteiger partial charge in [-0.1, -0.05) is 6.07 Å². The van der Waals surface area contributed by atoms with Crippen molar-refractivity contribution in [2.75, 3.05) is 36.5 Å². The molecule has 0 saturated heterocycles. The summed E-state index contributed by atoms with van der Waals surface area (Å²) in [7, 11) is 0. The molecule has 24 heavy (non-hydrogen) atoms. The van der Waals surface area contributed by atoms with Gasteiger partial charge in [0.1, 0.15) is 0 Å². The van der Waals surface area contributed by atoms with Crippen LogP contribution in [0.5, 0.6) is 0 Å². The molecule has 0 aliphatic rings. The minimum Gasteiger partial charge on any atom is -0.465 e. The second-order valence-electron chi connectivity index (χ2n) is 4.90. The maximum atomic E-state index is 12.3. The van der Waals surface area contributed by atoms with E-state index in [0.717, 1.165) is 0 Å². The molecule has 0 bridgehead atoms. The van der Waals surface area contributed by atoms with Crippen molar-refractivity contribution in [1.82, 2.24) is 4.90 Å². The van der Waals surface area contributed by atoms with Crippen LogP contribution in [0, 0.1) is 0 Å². The van der Waals surface area contributed by atoms with Gasteiger partial charge >= 0.3 is 5.97 Å². The highest BCUT2D eigenvalue weighted by molar-refractivity contribution is 8.00. The van der Waals surface area contributed by atoms with E-state index in [1.54, 1.807) is 36.1 Å². The van der Waals surface area contributed by atoms with Crippen molar-refractivity contribution in [2.45, 2.75) is 20.8 Å². The number of ether oxygens (including phenoxy) is 1. The van der Waals surface area contributed by atoms with Gasteiger partial charge in [-0.3, -0.25) is 14.4 Å². The number of nitrogens with one attached hydrogen (secondary N) is 1. The van der Waals surface area contributed by atoms with E-state index in [2.05, 4.69) is 5.32 Å². The number of amides is 2. The molecule has 0 unspecified atom stereocenters. The Kier molecular flexibility index (Phi) is 8.93. The van der Waals surface area contributed by atoms with Gasteiger partial charge in [-0.2, -0.15) is 0 Å². The van der Waals surface area contributed by atoms with Crippen LogP contribution in [-0.4, -0.2) is 53.9 Å². The van der Waals surface area contributed by atoms with Crippen molar-refractivity contribution in [3.05, 3.63) is 29.8 Å². The van der Waals surface area contributed by atoms with Crippen LogP contribution in [-0.2, 0) is 14.3 Å². The molecule has 6 nitrogen and oxygen atoms in total. The molecule has 0 heterocycles. The number of thioether (sulfide) groups is 1. The number of benzene rings is 1. The summed E-state index contributed by atoms with van der Waals surface area (Å²) in [6.45, 7) is 7.19. The van der Waals surface area contributed by atoms with E-state index in [0.29, 0.717) is 30.9 Å². The molecule has 0 aromatic heterocycles. The molecule has 0 saturated carbocycles.